The van der Waals surface area contributed by atoms with Gasteiger partial charge in [-0.25, -0.2) is 0 Å². The van der Waals surface area contributed by atoms with Crippen molar-refractivity contribution in [2.24, 2.45) is 16.8 Å². The third-order valence-electron chi connectivity index (χ3n) is 3.75. The fourth-order valence-electron chi connectivity index (χ4n) is 2.63. The van der Waals surface area contributed by atoms with Crippen molar-refractivity contribution in [3.05, 3.63) is 29.6 Å². The second-order valence-corrected chi connectivity index (χ2v) is 5.17. The van der Waals surface area contributed by atoms with Crippen molar-refractivity contribution < 1.29 is 9.94 Å². The number of hydrogen-bond acceptors (Lipinski definition) is 5. The van der Waals surface area contributed by atoms with Crippen LogP contribution in [0.25, 0.3) is 0 Å². The molecule has 0 radical (unpaired) electrons. The quantitative estimate of drug-likeness (QED) is 0.364. The topological polar surface area (TPSA) is 84.0 Å². The molecule has 0 aliphatic carbocycles. The lowest BCUT2D eigenvalue weighted by molar-refractivity contribution is 0.0967. The van der Waals surface area contributed by atoms with Gasteiger partial charge in [-0.3, -0.25) is 9.88 Å². The molecule has 2 heterocycles. The van der Waals surface area contributed by atoms with Gasteiger partial charge in [0.1, 0.15) is 5.69 Å². The Morgan fingerprint density at radius 2 is 2.30 bits per heavy atom. The number of hydrogen-bond donors (Lipinski definition) is 2. The SMILES string of the molecule is COCC1CCN(Cc2cccnc2C(N)=NO)CC1. The third-order valence-corrected chi connectivity index (χ3v) is 3.75. The van der Waals surface area contributed by atoms with E-state index >= 15 is 0 Å². The van der Waals surface area contributed by atoms with E-state index in [1.165, 1.54) is 0 Å². The molecule has 110 valence electrons. The Hall–Kier alpha value is -1.66. The fraction of sp³-hybridized carbons (Fsp3) is 0.571. The first kappa shape index (κ1) is 14.7. The predicted molar refractivity (Wildman–Crippen MR) is 76.6 cm³/mol. The average molecular weight is 278 g/mol. The Morgan fingerprint density at radius 3 is 2.95 bits per heavy atom. The lowest BCUT2D eigenvalue weighted by Crippen LogP contribution is -2.35. The van der Waals surface area contributed by atoms with Crippen LogP contribution in [0.4, 0.5) is 0 Å². The second kappa shape index (κ2) is 7.21. The fourth-order valence-corrected chi connectivity index (χ4v) is 2.63. The van der Waals surface area contributed by atoms with Crippen LogP contribution in [0.1, 0.15) is 24.1 Å². The second-order valence-electron chi connectivity index (χ2n) is 5.17. The summed E-state index contributed by atoms with van der Waals surface area (Å²) in [6.07, 6.45) is 3.95. The molecule has 3 N–H and O–H groups in total. The number of ether oxygens (including phenoxy) is 1. The molecule has 0 amide bonds. The van der Waals surface area contributed by atoms with Crippen molar-refractivity contribution in [1.29, 1.82) is 0 Å². The van der Waals surface area contributed by atoms with Crippen LogP contribution in [0, 0.1) is 5.92 Å². The molecule has 1 aliphatic rings. The lowest BCUT2D eigenvalue weighted by atomic mass is 9.97. The zero-order valence-corrected chi connectivity index (χ0v) is 11.8. The molecule has 0 bridgehead atoms. The maximum absolute atomic E-state index is 8.81. The van der Waals surface area contributed by atoms with Gasteiger partial charge < -0.3 is 15.7 Å². The zero-order valence-electron chi connectivity index (χ0n) is 11.8. The number of nitrogens with zero attached hydrogens (tertiary/aromatic N) is 3. The summed E-state index contributed by atoms with van der Waals surface area (Å²) in [6.45, 7) is 3.70. The van der Waals surface area contributed by atoms with Gasteiger partial charge in [-0.2, -0.15) is 0 Å². The van der Waals surface area contributed by atoms with Gasteiger partial charge in [0, 0.05) is 26.5 Å². The smallest absolute Gasteiger partial charge is 0.189 e. The Bertz CT molecular complexity index is 456. The van der Waals surface area contributed by atoms with Gasteiger partial charge in [0.05, 0.1) is 0 Å². The number of pyridine rings is 1. The zero-order chi connectivity index (χ0) is 14.4. The summed E-state index contributed by atoms with van der Waals surface area (Å²) in [5.41, 5.74) is 7.22. The molecule has 6 nitrogen and oxygen atoms in total. The van der Waals surface area contributed by atoms with E-state index in [0.29, 0.717) is 11.6 Å². The van der Waals surface area contributed by atoms with E-state index in [1.54, 1.807) is 13.3 Å². The maximum Gasteiger partial charge on any atom is 0.189 e. The summed E-state index contributed by atoms with van der Waals surface area (Å²) in [6, 6.07) is 3.85. The minimum atomic E-state index is 0.0647. The number of nitrogens with two attached hydrogens (primary N) is 1. The highest BCUT2D eigenvalue weighted by molar-refractivity contribution is 5.96. The van der Waals surface area contributed by atoms with Crippen molar-refractivity contribution in [2.45, 2.75) is 19.4 Å². The molecule has 0 aromatic carbocycles. The molecule has 0 unspecified atom stereocenters. The van der Waals surface area contributed by atoms with Crippen LogP contribution in [0.3, 0.4) is 0 Å². The van der Waals surface area contributed by atoms with Crippen molar-refractivity contribution in [3.63, 3.8) is 0 Å². The molecular weight excluding hydrogens is 256 g/mol. The molecule has 1 fully saturated rings. The highest BCUT2D eigenvalue weighted by Crippen LogP contribution is 2.19. The Balaban J connectivity index is 1.98. The molecule has 1 aromatic heterocycles. The van der Waals surface area contributed by atoms with Crippen LogP contribution < -0.4 is 5.73 Å². The number of rotatable bonds is 5. The first-order chi connectivity index (χ1) is 9.74. The van der Waals surface area contributed by atoms with Gasteiger partial charge in [0.15, 0.2) is 5.84 Å². The Morgan fingerprint density at radius 1 is 1.55 bits per heavy atom. The predicted octanol–water partition coefficient (Wildman–Crippen LogP) is 1.03. The molecule has 1 aromatic rings. The van der Waals surface area contributed by atoms with Crippen LogP contribution in [0.2, 0.25) is 0 Å². The Labute approximate surface area is 119 Å². The molecule has 6 heteroatoms. The number of likely N-dealkylation sites (tertiary alicyclic amines) is 1. The molecule has 2 rings (SSSR count). The van der Waals surface area contributed by atoms with Crippen molar-refractivity contribution >= 4 is 5.84 Å². The average Bonchev–Trinajstić information content (AvgIpc) is 2.49. The molecule has 0 saturated carbocycles. The molecule has 1 saturated heterocycles. The van der Waals surface area contributed by atoms with E-state index in [9.17, 15) is 0 Å². The highest BCUT2D eigenvalue weighted by atomic mass is 16.5. The summed E-state index contributed by atoms with van der Waals surface area (Å²) in [5, 5.41) is 11.9. The van der Waals surface area contributed by atoms with E-state index in [-0.39, 0.29) is 5.84 Å². The van der Waals surface area contributed by atoms with Gasteiger partial charge in [0.2, 0.25) is 0 Å². The maximum atomic E-state index is 8.81. The standard InChI is InChI=1S/C14H22N4O2/c1-20-10-11-4-7-18(8-5-11)9-12-3-2-6-16-13(12)14(15)17-19/h2-3,6,11,19H,4-5,7-10H2,1H3,(H2,15,17). The number of piperidine rings is 1. The minimum Gasteiger partial charge on any atom is -0.409 e. The first-order valence-electron chi connectivity index (χ1n) is 6.87. The van der Waals surface area contributed by atoms with Crippen molar-refractivity contribution in [1.82, 2.24) is 9.88 Å². The van der Waals surface area contributed by atoms with E-state index in [0.717, 1.165) is 44.6 Å². The highest BCUT2D eigenvalue weighted by Gasteiger charge is 2.20. The largest absolute Gasteiger partial charge is 0.409 e. The van der Waals surface area contributed by atoms with Gasteiger partial charge in [-0.1, -0.05) is 11.2 Å². The van der Waals surface area contributed by atoms with Crippen LogP contribution in [0.15, 0.2) is 23.5 Å². The lowest BCUT2D eigenvalue weighted by Gasteiger charge is -2.31. The minimum absolute atomic E-state index is 0.0647. The van der Waals surface area contributed by atoms with E-state index in [4.69, 9.17) is 15.7 Å². The number of aromatic nitrogens is 1. The first-order valence-corrected chi connectivity index (χ1v) is 6.87. The molecule has 20 heavy (non-hydrogen) atoms. The van der Waals surface area contributed by atoms with E-state index in [2.05, 4.69) is 15.0 Å². The van der Waals surface area contributed by atoms with Gasteiger partial charge in [-0.15, -0.1) is 0 Å². The summed E-state index contributed by atoms with van der Waals surface area (Å²) in [7, 11) is 1.76. The number of amidine groups is 1. The number of oxime groups is 1. The molecule has 0 atom stereocenters. The van der Waals surface area contributed by atoms with Gasteiger partial charge in [-0.05, 0) is 43.5 Å². The summed E-state index contributed by atoms with van der Waals surface area (Å²) in [5.74, 6) is 0.726. The van der Waals surface area contributed by atoms with Crippen molar-refractivity contribution in [3.8, 4) is 0 Å². The normalized spacial score (nSPS) is 18.4. The van der Waals surface area contributed by atoms with E-state index < -0.39 is 0 Å². The van der Waals surface area contributed by atoms with Crippen LogP contribution >= 0.6 is 0 Å². The monoisotopic (exact) mass is 278 g/mol. The third kappa shape index (κ3) is 3.68. The number of methoxy groups -OCH3 is 1. The van der Waals surface area contributed by atoms with Crippen LogP contribution in [-0.4, -0.2) is 47.7 Å². The van der Waals surface area contributed by atoms with Crippen LogP contribution in [-0.2, 0) is 11.3 Å². The molecule has 1 aliphatic heterocycles. The van der Waals surface area contributed by atoms with Crippen LogP contribution in [0.5, 0.6) is 0 Å². The molecule has 0 spiro atoms. The van der Waals surface area contributed by atoms with Gasteiger partial charge >= 0.3 is 0 Å². The Kier molecular flexibility index (Phi) is 5.31. The summed E-state index contributed by atoms with van der Waals surface area (Å²) in [4.78, 5) is 6.57. The van der Waals surface area contributed by atoms with E-state index in [1.807, 2.05) is 12.1 Å². The summed E-state index contributed by atoms with van der Waals surface area (Å²) < 4.78 is 5.21. The van der Waals surface area contributed by atoms with Crippen molar-refractivity contribution in [2.75, 3.05) is 26.8 Å². The van der Waals surface area contributed by atoms with Gasteiger partial charge in [0.25, 0.3) is 0 Å². The summed E-state index contributed by atoms with van der Waals surface area (Å²) >= 11 is 0. The molecular formula is C14H22N4O2.